The molecule has 0 fully saturated rings. The van der Waals surface area contributed by atoms with Gasteiger partial charge in [0.1, 0.15) is 0 Å². The van der Waals surface area contributed by atoms with E-state index in [1.165, 1.54) is 0 Å². The Labute approximate surface area is 197 Å². The van der Waals surface area contributed by atoms with Crippen LogP contribution in [0, 0.1) is 0 Å². The zero-order valence-electron chi connectivity index (χ0n) is 18.3. The summed E-state index contributed by atoms with van der Waals surface area (Å²) in [6.45, 7) is 0. The van der Waals surface area contributed by atoms with Crippen molar-refractivity contribution in [1.29, 1.82) is 0 Å². The van der Waals surface area contributed by atoms with Crippen LogP contribution in [0.4, 0.5) is 5.69 Å². The first-order valence-corrected chi connectivity index (χ1v) is 10.8. The lowest BCUT2D eigenvalue weighted by Crippen LogP contribution is -2.44. The van der Waals surface area contributed by atoms with Crippen molar-refractivity contribution in [2.75, 3.05) is 5.32 Å². The lowest BCUT2D eigenvalue weighted by atomic mass is 9.91. The van der Waals surface area contributed by atoms with Gasteiger partial charge in [-0.3, -0.25) is 25.2 Å². The fourth-order valence-electron chi connectivity index (χ4n) is 3.55. The molecule has 0 aromatic heterocycles. The monoisotopic (exact) mass is 449 g/mol. The second-order valence-corrected chi connectivity index (χ2v) is 7.60. The van der Waals surface area contributed by atoms with Crippen LogP contribution in [0.5, 0.6) is 0 Å². The van der Waals surface area contributed by atoms with E-state index in [4.69, 9.17) is 0 Å². The number of amides is 3. The van der Waals surface area contributed by atoms with Crippen LogP contribution in [-0.4, -0.2) is 17.7 Å². The number of carbonyl (C=O) groups is 3. The van der Waals surface area contributed by atoms with Crippen LogP contribution in [0.3, 0.4) is 0 Å². The second kappa shape index (κ2) is 10.7. The molecule has 0 bridgehead atoms. The number of nitrogens with one attached hydrogen (secondary N) is 3. The number of carbonyl (C=O) groups excluding carboxylic acids is 3. The molecule has 34 heavy (non-hydrogen) atoms. The Balaban J connectivity index is 1.39. The predicted molar refractivity (Wildman–Crippen MR) is 131 cm³/mol. The number of anilines is 1. The maximum absolute atomic E-state index is 13.0. The van der Waals surface area contributed by atoms with Gasteiger partial charge in [-0.15, -0.1) is 0 Å². The van der Waals surface area contributed by atoms with E-state index in [0.29, 0.717) is 16.8 Å². The summed E-state index contributed by atoms with van der Waals surface area (Å²) in [7, 11) is 0. The van der Waals surface area contributed by atoms with E-state index in [9.17, 15) is 14.4 Å². The number of rotatable bonds is 6. The molecule has 3 amide bonds. The average Bonchev–Trinajstić information content (AvgIpc) is 2.89. The van der Waals surface area contributed by atoms with Gasteiger partial charge in [0.25, 0.3) is 11.8 Å². The molecule has 4 aromatic rings. The third-order valence-electron chi connectivity index (χ3n) is 5.27. The molecular formula is C28H23N3O3. The highest BCUT2D eigenvalue weighted by Crippen LogP contribution is 2.24. The number of hydrogen-bond acceptors (Lipinski definition) is 3. The molecule has 3 N–H and O–H groups in total. The van der Waals surface area contributed by atoms with Crippen molar-refractivity contribution in [3.63, 3.8) is 0 Å². The van der Waals surface area contributed by atoms with Crippen molar-refractivity contribution in [2.24, 2.45) is 0 Å². The number of benzene rings is 4. The van der Waals surface area contributed by atoms with Gasteiger partial charge in [-0.25, -0.2) is 0 Å². The number of hydrogen-bond donors (Lipinski definition) is 3. The highest BCUT2D eigenvalue weighted by Gasteiger charge is 2.23. The largest absolute Gasteiger partial charge is 0.322 e. The van der Waals surface area contributed by atoms with Crippen LogP contribution >= 0.6 is 0 Å². The Morgan fingerprint density at radius 2 is 0.971 bits per heavy atom. The molecule has 0 aliphatic carbocycles. The van der Waals surface area contributed by atoms with Crippen LogP contribution in [0.1, 0.15) is 37.8 Å². The average molecular weight is 450 g/mol. The Bertz CT molecular complexity index is 1220. The Morgan fingerprint density at radius 1 is 0.500 bits per heavy atom. The summed E-state index contributed by atoms with van der Waals surface area (Å²) in [6.07, 6.45) is 0. The molecule has 6 nitrogen and oxygen atoms in total. The van der Waals surface area contributed by atoms with Gasteiger partial charge >= 0.3 is 0 Å². The van der Waals surface area contributed by atoms with Gasteiger partial charge in [0, 0.05) is 16.8 Å². The van der Waals surface area contributed by atoms with Crippen molar-refractivity contribution in [3.8, 4) is 0 Å². The molecule has 0 saturated carbocycles. The summed E-state index contributed by atoms with van der Waals surface area (Å²) in [5, 5.41) is 2.79. The first-order chi connectivity index (χ1) is 16.6. The van der Waals surface area contributed by atoms with E-state index in [2.05, 4.69) is 16.2 Å². The normalized spacial score (nSPS) is 10.4. The van der Waals surface area contributed by atoms with Crippen molar-refractivity contribution in [3.05, 3.63) is 138 Å². The topological polar surface area (TPSA) is 87.3 Å². The van der Waals surface area contributed by atoms with Gasteiger partial charge in [-0.1, -0.05) is 78.9 Å². The summed E-state index contributed by atoms with van der Waals surface area (Å²) in [4.78, 5) is 37.9. The maximum atomic E-state index is 13.0. The fraction of sp³-hybridized carbons (Fsp3) is 0.0357. The third kappa shape index (κ3) is 5.55. The molecule has 0 unspecified atom stereocenters. The molecule has 0 aliphatic rings. The standard InChI is InChI=1S/C28H23N3O3/c32-26(22-14-8-3-9-15-22)29-24-18-16-23(17-19-24)27(33)30-31-28(34)25(20-10-4-1-5-11-20)21-12-6-2-7-13-21/h1-19,25H,(H,29,32)(H,30,33)(H,31,34). The second-order valence-electron chi connectivity index (χ2n) is 7.60. The zero-order chi connectivity index (χ0) is 23.8. The molecule has 168 valence electrons. The van der Waals surface area contributed by atoms with Crippen molar-refractivity contribution in [1.82, 2.24) is 10.9 Å². The number of hydrazine groups is 1. The molecule has 4 rings (SSSR count). The van der Waals surface area contributed by atoms with Crippen LogP contribution in [0.15, 0.2) is 115 Å². The molecule has 0 saturated heterocycles. The lowest BCUT2D eigenvalue weighted by molar-refractivity contribution is -0.122. The lowest BCUT2D eigenvalue weighted by Gasteiger charge is -2.18. The van der Waals surface area contributed by atoms with E-state index >= 15 is 0 Å². The van der Waals surface area contributed by atoms with E-state index in [0.717, 1.165) is 11.1 Å². The Hall–Kier alpha value is -4.71. The minimum atomic E-state index is -0.571. The van der Waals surface area contributed by atoms with Crippen molar-refractivity contribution in [2.45, 2.75) is 5.92 Å². The van der Waals surface area contributed by atoms with Gasteiger partial charge in [-0.05, 0) is 47.5 Å². The van der Waals surface area contributed by atoms with Crippen LogP contribution in [0.25, 0.3) is 0 Å². The van der Waals surface area contributed by atoms with Gasteiger partial charge in [0.2, 0.25) is 5.91 Å². The summed E-state index contributed by atoms with van der Waals surface area (Å²) in [6, 6.07) is 34.0. The summed E-state index contributed by atoms with van der Waals surface area (Å²) >= 11 is 0. The van der Waals surface area contributed by atoms with Gasteiger partial charge in [-0.2, -0.15) is 0 Å². The van der Waals surface area contributed by atoms with Crippen molar-refractivity contribution < 1.29 is 14.4 Å². The van der Waals surface area contributed by atoms with Crippen LogP contribution in [-0.2, 0) is 4.79 Å². The first kappa shape index (κ1) is 22.5. The minimum Gasteiger partial charge on any atom is -0.322 e. The van der Waals surface area contributed by atoms with E-state index in [1.807, 2.05) is 66.7 Å². The van der Waals surface area contributed by atoms with Crippen molar-refractivity contribution >= 4 is 23.4 Å². The summed E-state index contributed by atoms with van der Waals surface area (Å²) < 4.78 is 0. The van der Waals surface area contributed by atoms with Gasteiger partial charge < -0.3 is 5.32 Å². The van der Waals surface area contributed by atoms with Gasteiger partial charge in [0.05, 0.1) is 5.92 Å². The van der Waals surface area contributed by atoms with E-state index in [-0.39, 0.29) is 11.8 Å². The highest BCUT2D eigenvalue weighted by atomic mass is 16.2. The molecular weight excluding hydrogens is 426 g/mol. The van der Waals surface area contributed by atoms with Gasteiger partial charge in [0.15, 0.2) is 0 Å². The Kier molecular flexibility index (Phi) is 7.10. The Morgan fingerprint density at radius 3 is 1.50 bits per heavy atom. The third-order valence-corrected chi connectivity index (χ3v) is 5.27. The van der Waals surface area contributed by atoms with E-state index < -0.39 is 11.8 Å². The molecule has 0 heterocycles. The fourth-order valence-corrected chi connectivity index (χ4v) is 3.55. The van der Waals surface area contributed by atoms with E-state index in [1.54, 1.807) is 48.5 Å². The zero-order valence-corrected chi connectivity index (χ0v) is 18.3. The SMILES string of the molecule is O=C(NNC(=O)C(c1ccccc1)c1ccccc1)c1ccc(NC(=O)c2ccccc2)cc1. The summed E-state index contributed by atoms with van der Waals surface area (Å²) in [5.41, 5.74) is 8.09. The molecule has 0 atom stereocenters. The molecule has 0 radical (unpaired) electrons. The predicted octanol–water partition coefficient (Wildman–Crippen LogP) is 4.53. The summed E-state index contributed by atoms with van der Waals surface area (Å²) in [5.74, 6) is -1.62. The molecule has 0 aliphatic heterocycles. The smallest absolute Gasteiger partial charge is 0.269 e. The minimum absolute atomic E-state index is 0.238. The highest BCUT2D eigenvalue weighted by molar-refractivity contribution is 6.04. The molecule has 0 spiro atoms. The molecule has 6 heteroatoms. The first-order valence-electron chi connectivity index (χ1n) is 10.8. The van der Waals surface area contributed by atoms with Crippen LogP contribution < -0.4 is 16.2 Å². The molecule has 4 aromatic carbocycles. The quantitative estimate of drug-likeness (QED) is 0.378. The van der Waals surface area contributed by atoms with Crippen LogP contribution in [0.2, 0.25) is 0 Å². The maximum Gasteiger partial charge on any atom is 0.269 e.